The molecule has 0 radical (unpaired) electrons. The van der Waals surface area contributed by atoms with Crippen LogP contribution in [0.3, 0.4) is 0 Å². The molecule has 36 heavy (non-hydrogen) atoms. The number of β-lactam (4-membered cyclic amide) rings is 1. The molecule has 192 valence electrons. The second kappa shape index (κ2) is 10.3. The number of rotatable bonds is 8. The van der Waals surface area contributed by atoms with Crippen LogP contribution in [0.25, 0.3) is 0 Å². The number of hydrogen-bond donors (Lipinski definition) is 3. The van der Waals surface area contributed by atoms with E-state index in [0.717, 1.165) is 5.57 Å². The zero-order valence-electron chi connectivity index (χ0n) is 20.3. The number of hydrogen-bond acceptors (Lipinski definition) is 10. The molecule has 1 aromatic carbocycles. The number of phenolic OH excluding ortho intramolecular Hbond substituents is 1. The van der Waals surface area contributed by atoms with Crippen molar-refractivity contribution in [2.75, 3.05) is 11.5 Å². The Morgan fingerprint density at radius 2 is 2.03 bits per heavy atom. The van der Waals surface area contributed by atoms with E-state index in [-0.39, 0.29) is 17.4 Å². The Bertz CT molecular complexity index is 1210. The van der Waals surface area contributed by atoms with E-state index in [1.165, 1.54) is 40.6 Å². The maximum Gasteiger partial charge on any atom is 0.341 e. The minimum atomic E-state index is -2.23. The van der Waals surface area contributed by atoms with Gasteiger partial charge in [0.15, 0.2) is 5.16 Å². The second-order valence-corrected chi connectivity index (χ2v) is 15.9. The van der Waals surface area contributed by atoms with Crippen molar-refractivity contribution in [1.82, 2.24) is 25.0 Å². The van der Waals surface area contributed by atoms with E-state index in [1.54, 1.807) is 23.0 Å². The molecule has 0 aliphatic carbocycles. The van der Waals surface area contributed by atoms with Gasteiger partial charge in [-0.1, -0.05) is 23.9 Å². The molecule has 2 unspecified atom stereocenters. The minimum absolute atomic E-state index is 0.0624. The highest BCUT2D eigenvalue weighted by Crippen LogP contribution is 2.42. The zero-order chi connectivity index (χ0) is 26.2. The molecule has 1 aromatic heterocycles. The third kappa shape index (κ3) is 5.45. The van der Waals surface area contributed by atoms with Gasteiger partial charge < -0.3 is 25.2 Å². The predicted molar refractivity (Wildman–Crippen MR) is 138 cm³/mol. The van der Waals surface area contributed by atoms with Crippen molar-refractivity contribution in [1.29, 1.82) is 0 Å². The van der Waals surface area contributed by atoms with E-state index in [9.17, 15) is 19.5 Å². The average Bonchev–Trinajstić information content (AvgIpc) is 3.23. The summed E-state index contributed by atoms with van der Waals surface area (Å²) in [5, 5.41) is 20.4. The van der Waals surface area contributed by atoms with Crippen LogP contribution in [-0.4, -0.2) is 73.8 Å². The predicted octanol–water partition coefficient (Wildman–Crippen LogP) is 1.34. The largest absolute Gasteiger partial charge is 0.515 e. The first-order valence-electron chi connectivity index (χ1n) is 11.2. The maximum absolute atomic E-state index is 13.2. The van der Waals surface area contributed by atoms with Gasteiger partial charge in [0.25, 0.3) is 5.91 Å². The van der Waals surface area contributed by atoms with Crippen molar-refractivity contribution in [3.8, 4) is 5.75 Å². The first-order valence-corrected chi connectivity index (χ1v) is 16.6. The average molecular weight is 549 g/mol. The van der Waals surface area contributed by atoms with Crippen molar-refractivity contribution in [2.45, 2.75) is 42.3 Å². The van der Waals surface area contributed by atoms with E-state index in [2.05, 4.69) is 15.5 Å². The number of nitrogens with one attached hydrogen (secondary N) is 1. The molecule has 1 fully saturated rings. The Kier molecular flexibility index (Phi) is 7.50. The highest BCUT2D eigenvalue weighted by molar-refractivity contribution is 8.01. The van der Waals surface area contributed by atoms with Crippen LogP contribution >= 0.6 is 23.5 Å². The van der Waals surface area contributed by atoms with Crippen LogP contribution < -0.4 is 11.1 Å². The number of phenols is 1. The Morgan fingerprint density at radius 3 is 2.64 bits per heavy atom. The molecule has 0 saturated carbocycles. The maximum atomic E-state index is 13.2. The Morgan fingerprint density at radius 1 is 1.33 bits per heavy atom. The fourth-order valence-corrected chi connectivity index (χ4v) is 6.77. The van der Waals surface area contributed by atoms with Gasteiger partial charge in [-0.05, 0) is 42.9 Å². The number of amides is 2. The van der Waals surface area contributed by atoms with Crippen LogP contribution in [0.1, 0.15) is 11.6 Å². The third-order valence-corrected chi connectivity index (χ3v) is 8.78. The molecule has 3 atom stereocenters. The van der Waals surface area contributed by atoms with Gasteiger partial charge in [0.2, 0.25) is 14.2 Å². The quantitative estimate of drug-likeness (QED) is 0.250. The summed E-state index contributed by atoms with van der Waals surface area (Å²) in [4.78, 5) is 40.6. The summed E-state index contributed by atoms with van der Waals surface area (Å²) < 4.78 is 7.54. The number of aromatic hydroxyl groups is 1. The molecule has 4 N–H and O–H groups in total. The lowest BCUT2D eigenvalue weighted by Crippen LogP contribution is -2.71. The fraction of sp³-hybridized carbons (Fsp3) is 0.409. The van der Waals surface area contributed by atoms with Gasteiger partial charge in [-0.15, -0.1) is 22.0 Å². The van der Waals surface area contributed by atoms with E-state index in [1.807, 2.05) is 26.7 Å². The number of carbonyl (C=O) groups excluding carboxylic acids is 3. The third-order valence-electron chi connectivity index (χ3n) is 5.52. The minimum Gasteiger partial charge on any atom is -0.515 e. The smallest absolute Gasteiger partial charge is 0.341 e. The van der Waals surface area contributed by atoms with Crippen LogP contribution in [-0.2, 0) is 25.9 Å². The number of aryl methyl sites for hydroxylation is 1. The van der Waals surface area contributed by atoms with Gasteiger partial charge in [0, 0.05) is 18.6 Å². The van der Waals surface area contributed by atoms with Gasteiger partial charge in [-0.2, -0.15) is 0 Å². The molecule has 1 saturated heterocycles. The van der Waals surface area contributed by atoms with E-state index < -0.39 is 37.7 Å². The standard InChI is InChI=1S/C22H28N6O5S2Si/c1-27-11-24-26-22(27)35-10-13-9-34-20-16(19(31)28(20)17(13)21(32)33-36(2,3)4)25-18(30)15(23)12-5-7-14(29)8-6-12/h5-8,11,15-16,20,29H,9-10,23H2,1-4H3,(H,25,30)/t15?,16?,20-/m1/s1. The Balaban J connectivity index is 1.52. The number of thioether (sulfide) groups is 2. The summed E-state index contributed by atoms with van der Waals surface area (Å²) in [6, 6.07) is 4.17. The topological polar surface area (TPSA) is 153 Å². The van der Waals surface area contributed by atoms with Gasteiger partial charge in [-0.25, -0.2) is 4.79 Å². The number of nitrogens with zero attached hydrogens (tertiary/aromatic N) is 4. The van der Waals surface area contributed by atoms with Gasteiger partial charge >= 0.3 is 5.97 Å². The molecule has 4 rings (SSSR count). The van der Waals surface area contributed by atoms with Crippen LogP contribution in [0.2, 0.25) is 19.6 Å². The summed E-state index contributed by atoms with van der Waals surface area (Å²) in [5.74, 6) is -0.430. The molecule has 14 heteroatoms. The van der Waals surface area contributed by atoms with Crippen LogP contribution in [0.5, 0.6) is 5.75 Å². The van der Waals surface area contributed by atoms with Crippen molar-refractivity contribution in [3.05, 3.63) is 47.4 Å². The lowest BCUT2D eigenvalue weighted by Gasteiger charge is -2.50. The van der Waals surface area contributed by atoms with Gasteiger partial charge in [0.05, 0.1) is 0 Å². The number of nitrogens with two attached hydrogens (primary N) is 1. The summed E-state index contributed by atoms with van der Waals surface area (Å²) in [6.45, 7) is 5.71. The fourth-order valence-electron chi connectivity index (χ4n) is 3.74. The molecule has 0 spiro atoms. The lowest BCUT2D eigenvalue weighted by atomic mass is 10.0. The van der Waals surface area contributed by atoms with Crippen molar-refractivity contribution >= 4 is 49.6 Å². The highest BCUT2D eigenvalue weighted by Gasteiger charge is 2.54. The normalized spacial score (nSPS) is 20.5. The molecule has 0 bridgehead atoms. The van der Waals surface area contributed by atoms with E-state index in [4.69, 9.17) is 10.2 Å². The Labute approximate surface area is 218 Å². The van der Waals surface area contributed by atoms with E-state index in [0.29, 0.717) is 22.2 Å². The van der Waals surface area contributed by atoms with Crippen LogP contribution in [0.15, 0.2) is 47.0 Å². The van der Waals surface area contributed by atoms with Crippen LogP contribution in [0, 0.1) is 0 Å². The van der Waals surface area contributed by atoms with Gasteiger partial charge in [0.1, 0.15) is 35.2 Å². The van der Waals surface area contributed by atoms with E-state index >= 15 is 0 Å². The number of carbonyl (C=O) groups is 3. The first-order chi connectivity index (χ1) is 17.0. The second-order valence-electron chi connectivity index (χ2n) is 9.43. The molecule has 2 aliphatic heterocycles. The monoisotopic (exact) mass is 548 g/mol. The van der Waals surface area contributed by atoms with Gasteiger partial charge in [-0.3, -0.25) is 14.5 Å². The molecule has 3 heterocycles. The molecule has 2 amide bonds. The SMILES string of the molecule is Cn1cnnc1SCC1=C(C(=O)O[Si](C)(C)C)N2C(=O)C(NC(=O)C(N)c3ccc(O)cc3)[C@H]2SC1. The molecular formula is C22H28N6O5S2Si. The number of benzene rings is 1. The summed E-state index contributed by atoms with van der Waals surface area (Å²) >= 11 is 2.89. The lowest BCUT2D eigenvalue weighted by molar-refractivity contribution is -0.150. The summed E-state index contributed by atoms with van der Waals surface area (Å²) in [5.41, 5.74) is 7.60. The zero-order valence-corrected chi connectivity index (χ0v) is 22.9. The first kappa shape index (κ1) is 26.3. The molecule has 2 aliphatic rings. The molecule has 2 aromatic rings. The van der Waals surface area contributed by atoms with Crippen molar-refractivity contribution < 1.29 is 23.9 Å². The molecule has 11 nitrogen and oxygen atoms in total. The van der Waals surface area contributed by atoms with Crippen molar-refractivity contribution in [3.63, 3.8) is 0 Å². The highest BCUT2D eigenvalue weighted by atomic mass is 32.2. The van der Waals surface area contributed by atoms with Crippen molar-refractivity contribution in [2.24, 2.45) is 12.8 Å². The van der Waals surface area contributed by atoms with Crippen LogP contribution in [0.4, 0.5) is 0 Å². The molecular weight excluding hydrogens is 520 g/mol. The number of aromatic nitrogens is 3. The number of fused-ring (bicyclic) bond motifs is 1. The Hall–Kier alpha value is -2.81. The summed E-state index contributed by atoms with van der Waals surface area (Å²) in [7, 11) is -0.403. The summed E-state index contributed by atoms with van der Waals surface area (Å²) in [6.07, 6.45) is 1.60.